The van der Waals surface area contributed by atoms with E-state index in [0.29, 0.717) is 6.54 Å². The fourth-order valence-corrected chi connectivity index (χ4v) is 4.16. The number of fused-ring (bicyclic) bond motifs is 1. The Bertz CT molecular complexity index is 852. The van der Waals surface area contributed by atoms with Gasteiger partial charge in [0, 0.05) is 24.6 Å². The zero-order valence-electron chi connectivity index (χ0n) is 16.6. The molecule has 1 saturated carbocycles. The summed E-state index contributed by atoms with van der Waals surface area (Å²) in [4.78, 5) is 48.7. The SMILES string of the molecule is COC(=O)[C@@H]1[C@@H]2[C@H](CN1C(=O)[C@H](C)NC(=O)Oc1ccc([N+](=O)[O-])cc1)C2(C)C. The van der Waals surface area contributed by atoms with E-state index in [1.54, 1.807) is 0 Å². The van der Waals surface area contributed by atoms with Crippen molar-refractivity contribution in [3.05, 3.63) is 34.4 Å². The lowest BCUT2D eigenvalue weighted by Gasteiger charge is -2.31. The molecule has 10 nitrogen and oxygen atoms in total. The minimum Gasteiger partial charge on any atom is -0.467 e. The van der Waals surface area contributed by atoms with Gasteiger partial charge in [-0.1, -0.05) is 13.8 Å². The van der Waals surface area contributed by atoms with Gasteiger partial charge in [0.15, 0.2) is 0 Å². The zero-order valence-corrected chi connectivity index (χ0v) is 16.6. The van der Waals surface area contributed by atoms with Crippen molar-refractivity contribution >= 4 is 23.7 Å². The number of benzene rings is 1. The minimum absolute atomic E-state index is 0.0266. The van der Waals surface area contributed by atoms with Gasteiger partial charge in [-0.2, -0.15) is 0 Å². The van der Waals surface area contributed by atoms with Crippen LogP contribution in [0, 0.1) is 27.4 Å². The summed E-state index contributed by atoms with van der Waals surface area (Å²) in [5.74, 6) is -0.501. The van der Waals surface area contributed by atoms with E-state index in [4.69, 9.17) is 9.47 Å². The van der Waals surface area contributed by atoms with Crippen LogP contribution < -0.4 is 10.1 Å². The molecule has 1 N–H and O–H groups in total. The Hall–Kier alpha value is -3.17. The van der Waals surface area contributed by atoms with Crippen molar-refractivity contribution in [3.63, 3.8) is 0 Å². The third kappa shape index (κ3) is 3.74. The lowest BCUT2D eigenvalue weighted by Crippen LogP contribution is -2.53. The zero-order chi connectivity index (χ0) is 21.5. The lowest BCUT2D eigenvalue weighted by molar-refractivity contribution is -0.384. The quantitative estimate of drug-likeness (QED) is 0.449. The number of hydrogen-bond acceptors (Lipinski definition) is 7. The lowest BCUT2D eigenvalue weighted by atomic mass is 10.0. The number of piperidine rings is 1. The number of likely N-dealkylation sites (tertiary alicyclic amines) is 1. The van der Waals surface area contributed by atoms with Crippen LogP contribution in [0.2, 0.25) is 0 Å². The number of hydrogen-bond donors (Lipinski definition) is 1. The monoisotopic (exact) mass is 405 g/mol. The molecular formula is C19H23N3O7. The number of nitro benzene ring substituents is 1. The number of nitrogens with one attached hydrogen (secondary N) is 1. The second kappa shape index (κ2) is 7.34. The van der Waals surface area contributed by atoms with Crippen LogP contribution in [0.4, 0.5) is 10.5 Å². The fourth-order valence-electron chi connectivity index (χ4n) is 4.16. The third-order valence-electron chi connectivity index (χ3n) is 5.90. The highest BCUT2D eigenvalue weighted by atomic mass is 16.6. The van der Waals surface area contributed by atoms with Gasteiger partial charge >= 0.3 is 12.1 Å². The van der Waals surface area contributed by atoms with Crippen molar-refractivity contribution in [3.8, 4) is 5.75 Å². The van der Waals surface area contributed by atoms with Crippen LogP contribution in [0.25, 0.3) is 0 Å². The smallest absolute Gasteiger partial charge is 0.413 e. The van der Waals surface area contributed by atoms with Gasteiger partial charge in [0.25, 0.3) is 5.69 Å². The summed E-state index contributed by atoms with van der Waals surface area (Å²) < 4.78 is 9.93. The largest absolute Gasteiger partial charge is 0.467 e. The van der Waals surface area contributed by atoms with Crippen LogP contribution in [0.3, 0.4) is 0 Å². The molecule has 10 heteroatoms. The van der Waals surface area contributed by atoms with E-state index in [1.807, 2.05) is 0 Å². The highest BCUT2D eigenvalue weighted by Gasteiger charge is 2.69. The van der Waals surface area contributed by atoms with Gasteiger partial charge in [0.2, 0.25) is 5.91 Å². The number of nitro groups is 1. The van der Waals surface area contributed by atoms with E-state index >= 15 is 0 Å². The van der Waals surface area contributed by atoms with Crippen molar-refractivity contribution in [2.24, 2.45) is 17.3 Å². The topological polar surface area (TPSA) is 128 Å². The molecule has 4 atom stereocenters. The Balaban J connectivity index is 1.60. The molecule has 156 valence electrons. The molecule has 0 bridgehead atoms. The average molecular weight is 405 g/mol. The van der Waals surface area contributed by atoms with Gasteiger partial charge < -0.3 is 19.7 Å². The molecule has 1 aliphatic carbocycles. The maximum Gasteiger partial charge on any atom is 0.413 e. The summed E-state index contributed by atoms with van der Waals surface area (Å²) in [5.41, 5.74) is -0.160. The number of non-ortho nitro benzene ring substituents is 1. The number of rotatable bonds is 5. The van der Waals surface area contributed by atoms with Crippen LogP contribution in [0.15, 0.2) is 24.3 Å². The van der Waals surface area contributed by atoms with Crippen molar-refractivity contribution < 1.29 is 28.8 Å². The first-order valence-electron chi connectivity index (χ1n) is 9.19. The number of methoxy groups -OCH3 is 1. The van der Waals surface area contributed by atoms with Gasteiger partial charge in [-0.05, 0) is 30.4 Å². The molecular weight excluding hydrogens is 382 g/mol. The summed E-state index contributed by atoms with van der Waals surface area (Å²) in [6, 6.07) is 3.39. The summed E-state index contributed by atoms with van der Waals surface area (Å²) in [7, 11) is 1.29. The van der Waals surface area contributed by atoms with Gasteiger partial charge in [0.1, 0.15) is 17.8 Å². The van der Waals surface area contributed by atoms with E-state index in [9.17, 15) is 24.5 Å². The van der Waals surface area contributed by atoms with Crippen LogP contribution in [0.1, 0.15) is 20.8 Å². The molecule has 2 amide bonds. The van der Waals surface area contributed by atoms with Crippen LogP contribution in [-0.2, 0) is 14.3 Å². The number of amides is 2. The number of carbonyl (C=O) groups is 3. The van der Waals surface area contributed by atoms with Crippen molar-refractivity contribution in [2.75, 3.05) is 13.7 Å². The molecule has 2 aliphatic rings. The Kier molecular flexibility index (Phi) is 5.20. The van der Waals surface area contributed by atoms with Crippen molar-refractivity contribution in [1.29, 1.82) is 0 Å². The van der Waals surface area contributed by atoms with Crippen LogP contribution >= 0.6 is 0 Å². The van der Waals surface area contributed by atoms with Gasteiger partial charge in [-0.15, -0.1) is 0 Å². The number of ether oxygens (including phenoxy) is 2. The molecule has 1 saturated heterocycles. The first kappa shape index (κ1) is 20.6. The minimum atomic E-state index is -0.923. The second-order valence-corrected chi connectivity index (χ2v) is 7.92. The van der Waals surface area contributed by atoms with Crippen LogP contribution in [-0.4, -0.2) is 53.5 Å². The highest BCUT2D eigenvalue weighted by Crippen LogP contribution is 2.65. The molecule has 0 aromatic heterocycles. The van der Waals surface area contributed by atoms with Crippen LogP contribution in [0.5, 0.6) is 5.75 Å². The molecule has 0 unspecified atom stereocenters. The summed E-state index contributed by atoms with van der Waals surface area (Å²) in [5, 5.41) is 13.1. The maximum atomic E-state index is 12.8. The highest BCUT2D eigenvalue weighted by molar-refractivity contribution is 5.91. The summed E-state index contributed by atoms with van der Waals surface area (Å²) >= 11 is 0. The number of carbonyl (C=O) groups excluding carboxylic acids is 3. The predicted molar refractivity (Wildman–Crippen MR) is 100.0 cm³/mol. The van der Waals surface area contributed by atoms with E-state index in [0.717, 1.165) is 0 Å². The van der Waals surface area contributed by atoms with E-state index in [-0.39, 0.29) is 28.7 Å². The maximum absolute atomic E-state index is 12.8. The molecule has 1 heterocycles. The molecule has 0 radical (unpaired) electrons. The fraction of sp³-hybridized carbons (Fsp3) is 0.526. The first-order chi connectivity index (χ1) is 13.6. The standard InChI is InChI=1S/C19H23N3O7/c1-10(20-18(25)29-12-7-5-11(6-8-12)22(26)27)16(23)21-9-13-14(19(13,2)3)15(21)17(24)28-4/h5-8,10,13-15H,9H2,1-4H3,(H,20,25)/t10-,13-,14-,15-/m0/s1. The Morgan fingerprint density at radius 3 is 2.45 bits per heavy atom. The molecule has 1 aromatic rings. The number of nitrogens with zero attached hydrogens (tertiary/aromatic N) is 2. The Morgan fingerprint density at radius 2 is 1.90 bits per heavy atom. The van der Waals surface area contributed by atoms with Gasteiger partial charge in [-0.3, -0.25) is 14.9 Å². The second-order valence-electron chi connectivity index (χ2n) is 7.92. The molecule has 1 aromatic carbocycles. The van der Waals surface area contributed by atoms with E-state index < -0.39 is 35.0 Å². The molecule has 1 aliphatic heterocycles. The van der Waals surface area contributed by atoms with Gasteiger partial charge in [0.05, 0.1) is 12.0 Å². The summed E-state index contributed by atoms with van der Waals surface area (Å²) in [6.45, 7) is 6.05. The van der Waals surface area contributed by atoms with Crippen molar-refractivity contribution in [1.82, 2.24) is 10.2 Å². The normalized spacial score (nSPS) is 24.8. The first-order valence-corrected chi connectivity index (χ1v) is 9.19. The third-order valence-corrected chi connectivity index (χ3v) is 5.90. The average Bonchev–Trinajstić information content (AvgIpc) is 3.02. The van der Waals surface area contributed by atoms with E-state index in [2.05, 4.69) is 19.2 Å². The molecule has 0 spiro atoms. The molecule has 29 heavy (non-hydrogen) atoms. The van der Waals surface area contributed by atoms with Gasteiger partial charge in [-0.25, -0.2) is 9.59 Å². The Morgan fingerprint density at radius 1 is 1.28 bits per heavy atom. The Labute approximate surface area is 167 Å². The predicted octanol–water partition coefficient (Wildman–Crippen LogP) is 1.73. The molecule has 2 fully saturated rings. The number of esters is 1. The van der Waals surface area contributed by atoms with E-state index in [1.165, 1.54) is 43.2 Å². The summed E-state index contributed by atoms with van der Waals surface area (Å²) in [6.07, 6.45) is -0.876. The van der Waals surface area contributed by atoms with Crippen molar-refractivity contribution in [2.45, 2.75) is 32.9 Å². The molecule has 3 rings (SSSR count).